The van der Waals surface area contributed by atoms with Crippen molar-refractivity contribution >= 4 is 5.97 Å². The summed E-state index contributed by atoms with van der Waals surface area (Å²) in [4.78, 5) is 10.8. The average molecular weight is 334 g/mol. The van der Waals surface area contributed by atoms with Gasteiger partial charge in [0.15, 0.2) is 0 Å². The minimum atomic E-state index is -0.851. The molecule has 23 heavy (non-hydrogen) atoms. The van der Waals surface area contributed by atoms with Gasteiger partial charge in [-0.25, -0.2) is 0 Å². The third-order valence-corrected chi connectivity index (χ3v) is 4.30. The lowest BCUT2D eigenvalue weighted by Gasteiger charge is -2.37. The van der Waals surface area contributed by atoms with Crippen LogP contribution in [0.15, 0.2) is 0 Å². The summed E-state index contributed by atoms with van der Waals surface area (Å²) in [5.74, 6) is -0.851. The fraction of sp³-hybridized carbons (Fsp3) is 0.941. The van der Waals surface area contributed by atoms with Crippen molar-refractivity contribution in [2.45, 2.75) is 51.9 Å². The number of aliphatic carboxylic acids is 1. The first kappa shape index (κ1) is 22.3. The normalized spacial score (nSPS) is 11.8. The van der Waals surface area contributed by atoms with E-state index in [0.717, 1.165) is 13.0 Å². The topological polar surface area (TPSA) is 87.0 Å². The molecule has 0 aliphatic heterocycles. The molecule has 0 saturated carbocycles. The van der Waals surface area contributed by atoms with Gasteiger partial charge in [0.25, 0.3) is 0 Å². The van der Waals surface area contributed by atoms with Crippen molar-refractivity contribution in [2.24, 2.45) is 0 Å². The number of nitrogens with zero attached hydrogens (tertiary/aromatic N) is 1. The van der Waals surface area contributed by atoms with Gasteiger partial charge in [0.2, 0.25) is 0 Å². The molecule has 0 bridgehead atoms. The molecule has 0 saturated heterocycles. The number of hydrogen-bond acceptors (Lipinski definition) is 4. The Morgan fingerprint density at radius 3 is 2.04 bits per heavy atom. The van der Waals surface area contributed by atoms with Gasteiger partial charge < -0.3 is 24.5 Å². The molecular weight excluding hydrogens is 298 g/mol. The second kappa shape index (κ2) is 14.9. The van der Waals surface area contributed by atoms with Crippen LogP contribution in [0, 0.1) is 0 Å². The molecule has 6 nitrogen and oxygen atoms in total. The number of quaternary nitrogens is 1. The fourth-order valence-electron chi connectivity index (χ4n) is 2.77. The highest BCUT2D eigenvalue weighted by molar-refractivity contribution is 5.66. The van der Waals surface area contributed by atoms with E-state index in [4.69, 9.17) is 9.84 Å². The molecule has 0 fully saturated rings. The van der Waals surface area contributed by atoms with E-state index in [1.165, 1.54) is 32.1 Å². The largest absolute Gasteiger partial charge is 0.481 e. The Morgan fingerprint density at radius 2 is 1.48 bits per heavy atom. The predicted octanol–water partition coefficient (Wildman–Crippen LogP) is 1.64. The van der Waals surface area contributed by atoms with E-state index in [0.29, 0.717) is 37.3 Å². The van der Waals surface area contributed by atoms with Crippen molar-refractivity contribution in [3.05, 3.63) is 0 Å². The second-order valence-corrected chi connectivity index (χ2v) is 6.21. The van der Waals surface area contributed by atoms with Crippen molar-refractivity contribution in [2.75, 3.05) is 52.6 Å². The average Bonchev–Trinajstić information content (AvgIpc) is 2.52. The molecular formula is C17H36NO5+. The van der Waals surface area contributed by atoms with Gasteiger partial charge in [-0.15, -0.1) is 0 Å². The van der Waals surface area contributed by atoms with Crippen LogP contribution in [0.2, 0.25) is 0 Å². The highest BCUT2D eigenvalue weighted by Crippen LogP contribution is 2.09. The molecule has 138 valence electrons. The van der Waals surface area contributed by atoms with Gasteiger partial charge in [-0.3, -0.25) is 4.79 Å². The van der Waals surface area contributed by atoms with Crippen LogP contribution in [-0.4, -0.2) is 78.4 Å². The molecule has 0 amide bonds. The van der Waals surface area contributed by atoms with Crippen molar-refractivity contribution < 1.29 is 29.3 Å². The molecule has 0 rings (SSSR count). The number of carboxylic acids is 1. The quantitative estimate of drug-likeness (QED) is 0.278. The van der Waals surface area contributed by atoms with Gasteiger partial charge in [-0.2, -0.15) is 0 Å². The summed E-state index contributed by atoms with van der Waals surface area (Å²) < 4.78 is 6.07. The van der Waals surface area contributed by atoms with Crippen LogP contribution in [0.3, 0.4) is 0 Å². The Bertz CT molecular complexity index is 280. The molecule has 3 N–H and O–H groups in total. The summed E-state index contributed by atoms with van der Waals surface area (Å²) in [7, 11) is 0. The van der Waals surface area contributed by atoms with Crippen LogP contribution in [-0.2, 0) is 9.53 Å². The molecule has 0 atom stereocenters. The van der Waals surface area contributed by atoms with Crippen molar-refractivity contribution in [3.63, 3.8) is 0 Å². The number of unbranched alkanes of at least 4 members (excludes halogenated alkanes) is 5. The molecule has 0 aromatic rings. The molecule has 0 radical (unpaired) electrons. The van der Waals surface area contributed by atoms with Crippen LogP contribution in [0.5, 0.6) is 0 Å². The van der Waals surface area contributed by atoms with Crippen LogP contribution in [0.1, 0.15) is 51.9 Å². The minimum Gasteiger partial charge on any atom is -0.481 e. The maximum atomic E-state index is 10.8. The second-order valence-electron chi connectivity index (χ2n) is 6.21. The van der Waals surface area contributed by atoms with Gasteiger partial charge in [-0.05, 0) is 6.42 Å². The number of aliphatic hydroxyl groups is 2. The summed E-state index contributed by atoms with van der Waals surface area (Å²) in [6, 6.07) is 0. The summed E-state index contributed by atoms with van der Waals surface area (Å²) >= 11 is 0. The van der Waals surface area contributed by atoms with Gasteiger partial charge in [-0.1, -0.05) is 39.0 Å². The Balaban J connectivity index is 4.00. The Labute approximate surface area is 140 Å². The maximum Gasteiger partial charge on any atom is 0.309 e. The number of carbonyl (C=O) groups is 1. The SMILES string of the molecule is CCCCCCCCOCC[N+](CCO)(CCO)CCC(=O)O. The third kappa shape index (κ3) is 12.4. The summed E-state index contributed by atoms with van der Waals surface area (Å²) in [5.41, 5.74) is 0. The van der Waals surface area contributed by atoms with Crippen LogP contribution in [0.4, 0.5) is 0 Å². The van der Waals surface area contributed by atoms with E-state index >= 15 is 0 Å². The Kier molecular flexibility index (Phi) is 14.4. The number of hydrogen-bond donors (Lipinski definition) is 3. The summed E-state index contributed by atoms with van der Waals surface area (Å²) in [5, 5.41) is 27.4. The van der Waals surface area contributed by atoms with Gasteiger partial charge in [0.05, 0.1) is 32.8 Å². The van der Waals surface area contributed by atoms with Gasteiger partial charge in [0, 0.05) is 6.61 Å². The van der Waals surface area contributed by atoms with E-state index in [9.17, 15) is 15.0 Å². The van der Waals surface area contributed by atoms with Crippen LogP contribution in [0.25, 0.3) is 0 Å². The van der Waals surface area contributed by atoms with E-state index < -0.39 is 5.97 Å². The monoisotopic (exact) mass is 334 g/mol. The molecule has 0 aromatic carbocycles. The summed E-state index contributed by atoms with van der Waals surface area (Å²) in [6.45, 7) is 5.38. The van der Waals surface area contributed by atoms with Crippen LogP contribution >= 0.6 is 0 Å². The highest BCUT2D eigenvalue weighted by atomic mass is 16.5. The number of ether oxygens (including phenoxy) is 1. The lowest BCUT2D eigenvalue weighted by molar-refractivity contribution is -0.928. The zero-order chi connectivity index (χ0) is 17.4. The van der Waals surface area contributed by atoms with E-state index in [-0.39, 0.29) is 19.6 Å². The highest BCUT2D eigenvalue weighted by Gasteiger charge is 2.27. The zero-order valence-electron chi connectivity index (χ0n) is 14.7. The number of carboxylic acid groups (broad SMARTS) is 1. The Morgan fingerprint density at radius 1 is 0.870 bits per heavy atom. The first-order valence-electron chi connectivity index (χ1n) is 8.96. The lowest BCUT2D eigenvalue weighted by Crippen LogP contribution is -2.54. The summed E-state index contributed by atoms with van der Waals surface area (Å²) in [6.07, 6.45) is 7.38. The number of rotatable bonds is 17. The lowest BCUT2D eigenvalue weighted by atomic mass is 10.1. The molecule has 0 spiro atoms. The van der Waals surface area contributed by atoms with E-state index in [2.05, 4.69) is 6.92 Å². The zero-order valence-corrected chi connectivity index (χ0v) is 14.7. The molecule has 0 aliphatic carbocycles. The van der Waals surface area contributed by atoms with Gasteiger partial charge in [0.1, 0.15) is 19.6 Å². The van der Waals surface area contributed by atoms with E-state index in [1.807, 2.05) is 0 Å². The fourth-order valence-corrected chi connectivity index (χ4v) is 2.77. The maximum absolute atomic E-state index is 10.8. The molecule has 0 aliphatic rings. The first-order chi connectivity index (χ1) is 11.1. The Hall–Kier alpha value is -0.690. The van der Waals surface area contributed by atoms with Gasteiger partial charge >= 0.3 is 5.97 Å². The standard InChI is InChI=1S/C17H35NO5/c1-2-3-4-5-6-7-15-23-16-12-18(10-13-19,11-14-20)9-8-17(21)22/h19-20H,2-16H2,1H3/p+1. The van der Waals surface area contributed by atoms with E-state index in [1.54, 1.807) is 0 Å². The predicted molar refractivity (Wildman–Crippen MR) is 90.3 cm³/mol. The first-order valence-corrected chi connectivity index (χ1v) is 8.96. The minimum absolute atomic E-state index is 0.0168. The molecule has 6 heteroatoms. The third-order valence-electron chi connectivity index (χ3n) is 4.30. The number of aliphatic hydroxyl groups excluding tert-OH is 2. The molecule has 0 aromatic heterocycles. The van der Waals surface area contributed by atoms with Crippen molar-refractivity contribution in [3.8, 4) is 0 Å². The van der Waals surface area contributed by atoms with Crippen molar-refractivity contribution in [1.29, 1.82) is 0 Å². The molecule has 0 heterocycles. The smallest absolute Gasteiger partial charge is 0.309 e. The molecule has 0 unspecified atom stereocenters. The van der Waals surface area contributed by atoms with Crippen LogP contribution < -0.4 is 0 Å². The van der Waals surface area contributed by atoms with Crippen molar-refractivity contribution in [1.82, 2.24) is 0 Å².